The summed E-state index contributed by atoms with van der Waals surface area (Å²) < 4.78 is 0. The average molecular weight is 300 g/mol. The second-order valence-corrected chi connectivity index (χ2v) is 6.23. The lowest BCUT2D eigenvalue weighted by Crippen LogP contribution is -2.36. The van der Waals surface area contributed by atoms with Crippen molar-refractivity contribution in [2.75, 3.05) is 25.4 Å². The fourth-order valence-corrected chi connectivity index (χ4v) is 2.56. The van der Waals surface area contributed by atoms with Crippen molar-refractivity contribution >= 4 is 11.5 Å². The lowest BCUT2D eigenvalue weighted by molar-refractivity contribution is 0.235. The van der Waals surface area contributed by atoms with Crippen LogP contribution in [0.4, 0.5) is 5.69 Å². The summed E-state index contributed by atoms with van der Waals surface area (Å²) in [6, 6.07) is 7.85. The summed E-state index contributed by atoms with van der Waals surface area (Å²) in [6.07, 6.45) is 2.53. The first kappa shape index (κ1) is 16.4. The SMILES string of the molecule is C=C(CNC(C)=NCc1ccc(N)cc1)N1CCC(C)CC1. The Labute approximate surface area is 134 Å². The molecule has 3 N–H and O–H groups in total. The Morgan fingerprint density at radius 2 is 1.95 bits per heavy atom. The number of anilines is 1. The molecule has 0 saturated carbocycles. The molecule has 1 heterocycles. The monoisotopic (exact) mass is 300 g/mol. The maximum Gasteiger partial charge on any atom is 0.0938 e. The number of nitrogens with two attached hydrogens (primary N) is 1. The van der Waals surface area contributed by atoms with Crippen LogP contribution in [0.5, 0.6) is 0 Å². The fourth-order valence-electron chi connectivity index (χ4n) is 2.56. The zero-order valence-electron chi connectivity index (χ0n) is 13.8. The predicted molar refractivity (Wildman–Crippen MR) is 94.8 cm³/mol. The second kappa shape index (κ2) is 7.87. The summed E-state index contributed by atoms with van der Waals surface area (Å²) in [5, 5.41) is 3.36. The maximum atomic E-state index is 5.68. The van der Waals surface area contributed by atoms with Crippen molar-refractivity contribution in [1.29, 1.82) is 0 Å². The average Bonchev–Trinajstić information content (AvgIpc) is 2.52. The highest BCUT2D eigenvalue weighted by Crippen LogP contribution is 2.18. The number of amidine groups is 1. The van der Waals surface area contributed by atoms with Crippen LogP contribution in [-0.2, 0) is 6.54 Å². The van der Waals surface area contributed by atoms with Gasteiger partial charge in [0.2, 0.25) is 0 Å². The zero-order valence-corrected chi connectivity index (χ0v) is 13.8. The number of likely N-dealkylation sites (tertiary alicyclic amines) is 1. The Bertz CT molecular complexity index is 510. The Morgan fingerprint density at radius 3 is 2.59 bits per heavy atom. The van der Waals surface area contributed by atoms with Gasteiger partial charge in [-0.3, -0.25) is 4.99 Å². The molecule has 0 radical (unpaired) electrons. The summed E-state index contributed by atoms with van der Waals surface area (Å²) >= 11 is 0. The van der Waals surface area contributed by atoms with Gasteiger partial charge in [-0.15, -0.1) is 0 Å². The largest absolute Gasteiger partial charge is 0.399 e. The van der Waals surface area contributed by atoms with E-state index in [1.807, 2.05) is 31.2 Å². The lowest BCUT2D eigenvalue weighted by Gasteiger charge is -2.33. The van der Waals surface area contributed by atoms with Crippen molar-refractivity contribution in [3.05, 3.63) is 42.1 Å². The first-order chi connectivity index (χ1) is 10.5. The van der Waals surface area contributed by atoms with Gasteiger partial charge in [-0.25, -0.2) is 0 Å². The molecule has 2 rings (SSSR count). The van der Waals surface area contributed by atoms with Crippen LogP contribution in [0, 0.1) is 5.92 Å². The van der Waals surface area contributed by atoms with Gasteiger partial charge in [0.05, 0.1) is 18.9 Å². The van der Waals surface area contributed by atoms with Gasteiger partial charge >= 0.3 is 0 Å². The van der Waals surface area contributed by atoms with Gasteiger partial charge in [0.15, 0.2) is 0 Å². The summed E-state index contributed by atoms with van der Waals surface area (Å²) in [6.45, 7) is 12.2. The molecule has 0 atom stereocenters. The molecule has 1 aliphatic rings. The molecule has 1 aromatic rings. The van der Waals surface area contributed by atoms with Gasteiger partial charge in [-0.05, 0) is 43.4 Å². The minimum absolute atomic E-state index is 0.673. The normalized spacial score (nSPS) is 16.6. The van der Waals surface area contributed by atoms with Crippen molar-refractivity contribution in [2.45, 2.75) is 33.2 Å². The number of aliphatic imine (C=N–C) groups is 1. The summed E-state index contributed by atoms with van der Waals surface area (Å²) in [5.74, 6) is 1.79. The van der Waals surface area contributed by atoms with Gasteiger partial charge in [0, 0.05) is 24.5 Å². The molecule has 0 unspecified atom stereocenters. The fraction of sp³-hybridized carbons (Fsp3) is 0.500. The molecular formula is C18H28N4. The topological polar surface area (TPSA) is 53.6 Å². The third-order valence-electron chi connectivity index (χ3n) is 4.26. The number of hydrogen-bond donors (Lipinski definition) is 2. The van der Waals surface area contributed by atoms with Crippen LogP contribution in [0.15, 0.2) is 41.5 Å². The molecule has 0 amide bonds. The van der Waals surface area contributed by atoms with E-state index in [-0.39, 0.29) is 0 Å². The van der Waals surface area contributed by atoms with Crippen LogP contribution in [0.1, 0.15) is 32.3 Å². The molecule has 0 bridgehead atoms. The number of hydrogen-bond acceptors (Lipinski definition) is 3. The molecule has 0 aliphatic carbocycles. The molecule has 1 saturated heterocycles. The van der Waals surface area contributed by atoms with Gasteiger partial charge in [0.25, 0.3) is 0 Å². The van der Waals surface area contributed by atoms with Crippen LogP contribution in [0.3, 0.4) is 0 Å². The molecule has 4 nitrogen and oxygen atoms in total. The van der Waals surface area contributed by atoms with E-state index in [1.54, 1.807) is 0 Å². The Kier molecular flexibility index (Phi) is 5.87. The Balaban J connectivity index is 1.74. The standard InChI is InChI=1S/C18H28N4/c1-14-8-10-22(11-9-14)15(2)12-20-16(3)21-13-17-4-6-18(19)7-5-17/h4-7,14H,2,8-13,19H2,1,3H3,(H,20,21). The van der Waals surface area contributed by atoms with Crippen molar-refractivity contribution in [2.24, 2.45) is 10.9 Å². The number of nitrogens with one attached hydrogen (secondary N) is 1. The van der Waals surface area contributed by atoms with E-state index in [9.17, 15) is 0 Å². The Morgan fingerprint density at radius 1 is 1.32 bits per heavy atom. The van der Waals surface area contributed by atoms with E-state index in [0.29, 0.717) is 6.54 Å². The molecule has 0 aromatic heterocycles. The Hall–Kier alpha value is -1.97. The molecule has 120 valence electrons. The first-order valence-electron chi connectivity index (χ1n) is 8.06. The summed E-state index contributed by atoms with van der Waals surface area (Å²) in [4.78, 5) is 6.95. The van der Waals surface area contributed by atoms with Gasteiger partial charge in [0.1, 0.15) is 0 Å². The van der Waals surface area contributed by atoms with Crippen molar-refractivity contribution in [1.82, 2.24) is 10.2 Å². The minimum atomic E-state index is 0.673. The molecule has 1 aliphatic heterocycles. The molecule has 0 spiro atoms. The van der Waals surface area contributed by atoms with E-state index in [1.165, 1.54) is 18.4 Å². The highest BCUT2D eigenvalue weighted by atomic mass is 15.2. The quantitative estimate of drug-likeness (QED) is 0.499. The van der Waals surface area contributed by atoms with Crippen LogP contribution < -0.4 is 11.1 Å². The number of benzene rings is 1. The molecule has 1 fully saturated rings. The highest BCUT2D eigenvalue weighted by molar-refractivity contribution is 5.79. The smallest absolute Gasteiger partial charge is 0.0938 e. The van der Waals surface area contributed by atoms with E-state index < -0.39 is 0 Å². The third-order valence-corrected chi connectivity index (χ3v) is 4.26. The van der Waals surface area contributed by atoms with Gasteiger partial charge in [-0.2, -0.15) is 0 Å². The van der Waals surface area contributed by atoms with E-state index in [0.717, 1.165) is 42.8 Å². The van der Waals surface area contributed by atoms with Crippen LogP contribution >= 0.6 is 0 Å². The van der Waals surface area contributed by atoms with Gasteiger partial charge < -0.3 is 16.0 Å². The molecular weight excluding hydrogens is 272 g/mol. The van der Waals surface area contributed by atoms with Crippen molar-refractivity contribution in [3.63, 3.8) is 0 Å². The molecule has 4 heteroatoms. The van der Waals surface area contributed by atoms with Crippen molar-refractivity contribution in [3.8, 4) is 0 Å². The van der Waals surface area contributed by atoms with E-state index in [2.05, 4.69) is 28.7 Å². The van der Waals surface area contributed by atoms with Gasteiger partial charge in [-0.1, -0.05) is 25.6 Å². The van der Waals surface area contributed by atoms with Crippen molar-refractivity contribution < 1.29 is 0 Å². The van der Waals surface area contributed by atoms with Crippen LogP contribution in [0.2, 0.25) is 0 Å². The van der Waals surface area contributed by atoms with E-state index >= 15 is 0 Å². The lowest BCUT2D eigenvalue weighted by atomic mass is 9.99. The number of nitrogens with zero attached hydrogens (tertiary/aromatic N) is 2. The van der Waals surface area contributed by atoms with E-state index in [4.69, 9.17) is 5.73 Å². The first-order valence-corrected chi connectivity index (χ1v) is 8.06. The molecule has 1 aromatic carbocycles. The summed E-state index contributed by atoms with van der Waals surface area (Å²) in [5.41, 5.74) is 8.79. The maximum absolute atomic E-state index is 5.68. The van der Waals surface area contributed by atoms with Crippen LogP contribution in [0.25, 0.3) is 0 Å². The second-order valence-electron chi connectivity index (χ2n) is 6.23. The number of nitrogen functional groups attached to an aromatic ring is 1. The van der Waals surface area contributed by atoms with Crippen LogP contribution in [-0.4, -0.2) is 30.4 Å². The number of piperidine rings is 1. The molecule has 22 heavy (non-hydrogen) atoms. The zero-order chi connectivity index (χ0) is 15.9. The predicted octanol–water partition coefficient (Wildman–Crippen LogP) is 3.02. The minimum Gasteiger partial charge on any atom is -0.399 e. The number of rotatable bonds is 5. The summed E-state index contributed by atoms with van der Waals surface area (Å²) in [7, 11) is 0. The third kappa shape index (κ3) is 5.10. The highest BCUT2D eigenvalue weighted by Gasteiger charge is 2.16.